The third-order valence-corrected chi connectivity index (χ3v) is 3.73. The number of amides is 1. The second-order valence-electron chi connectivity index (χ2n) is 5.01. The van der Waals surface area contributed by atoms with E-state index in [9.17, 15) is 4.79 Å². The van der Waals surface area contributed by atoms with Gasteiger partial charge in [-0.25, -0.2) is 9.78 Å². The van der Waals surface area contributed by atoms with Crippen LogP contribution in [0.15, 0.2) is 42.6 Å². The summed E-state index contributed by atoms with van der Waals surface area (Å²) < 4.78 is 1.28. The minimum atomic E-state index is -0.205. The van der Waals surface area contributed by atoms with Gasteiger partial charge in [-0.2, -0.15) is 0 Å². The van der Waals surface area contributed by atoms with E-state index in [1.807, 2.05) is 18.2 Å². The molecule has 1 aromatic carbocycles. The van der Waals surface area contributed by atoms with E-state index < -0.39 is 0 Å². The van der Waals surface area contributed by atoms with Crippen LogP contribution in [-0.4, -0.2) is 32.6 Å². The molecule has 0 N–H and O–H groups in total. The van der Waals surface area contributed by atoms with Gasteiger partial charge in [0.2, 0.25) is 0 Å². The molecular formula is C15H13N5O. The van der Waals surface area contributed by atoms with E-state index in [1.54, 1.807) is 23.2 Å². The number of aromatic nitrogens is 4. The van der Waals surface area contributed by atoms with Crippen LogP contribution in [0.1, 0.15) is 12.0 Å². The Morgan fingerprint density at radius 3 is 3.00 bits per heavy atom. The van der Waals surface area contributed by atoms with Gasteiger partial charge >= 0.3 is 6.03 Å². The standard InChI is InChI=1S/C15H13N5O/c21-15(20-14-12(17-18-20)7-3-9-16-14)19-10-4-6-11-5-1-2-8-13(11)19/h1-3,5,7-9H,4,6,10H2. The third kappa shape index (κ3) is 1.87. The first-order valence-corrected chi connectivity index (χ1v) is 6.91. The van der Waals surface area contributed by atoms with Crippen molar-refractivity contribution in [1.82, 2.24) is 20.0 Å². The van der Waals surface area contributed by atoms with Crippen LogP contribution in [0.4, 0.5) is 10.5 Å². The van der Waals surface area contributed by atoms with Crippen LogP contribution in [0.5, 0.6) is 0 Å². The van der Waals surface area contributed by atoms with Crippen LogP contribution in [0.2, 0.25) is 0 Å². The predicted molar refractivity (Wildman–Crippen MR) is 78.2 cm³/mol. The first-order valence-electron chi connectivity index (χ1n) is 6.91. The van der Waals surface area contributed by atoms with Crippen molar-refractivity contribution in [2.24, 2.45) is 0 Å². The van der Waals surface area contributed by atoms with Crippen LogP contribution in [0.3, 0.4) is 0 Å². The van der Waals surface area contributed by atoms with Crippen molar-refractivity contribution in [3.63, 3.8) is 0 Å². The normalized spacial score (nSPS) is 14.2. The maximum absolute atomic E-state index is 12.8. The highest BCUT2D eigenvalue weighted by Gasteiger charge is 2.25. The van der Waals surface area contributed by atoms with Crippen molar-refractivity contribution < 1.29 is 4.79 Å². The molecule has 0 aliphatic carbocycles. The lowest BCUT2D eigenvalue weighted by atomic mass is 10.0. The van der Waals surface area contributed by atoms with Gasteiger partial charge in [-0.3, -0.25) is 4.90 Å². The summed E-state index contributed by atoms with van der Waals surface area (Å²) in [6.07, 6.45) is 3.58. The Hall–Kier alpha value is -2.76. The highest BCUT2D eigenvalue weighted by atomic mass is 16.2. The van der Waals surface area contributed by atoms with E-state index >= 15 is 0 Å². The molecule has 104 valence electrons. The molecule has 6 nitrogen and oxygen atoms in total. The number of hydrogen-bond donors (Lipinski definition) is 0. The molecular weight excluding hydrogens is 266 g/mol. The molecule has 0 unspecified atom stereocenters. The molecule has 3 aromatic rings. The summed E-state index contributed by atoms with van der Waals surface area (Å²) in [6.45, 7) is 0.685. The molecule has 1 amide bonds. The number of aryl methyl sites for hydroxylation is 1. The number of fused-ring (bicyclic) bond motifs is 2. The zero-order valence-electron chi connectivity index (χ0n) is 11.3. The Balaban J connectivity index is 1.79. The monoisotopic (exact) mass is 279 g/mol. The van der Waals surface area contributed by atoms with E-state index in [2.05, 4.69) is 21.4 Å². The maximum Gasteiger partial charge on any atom is 0.352 e. The molecule has 4 rings (SSSR count). The molecule has 0 saturated carbocycles. The summed E-state index contributed by atoms with van der Waals surface area (Å²) in [6, 6.07) is 11.3. The number of nitrogens with zero attached hydrogens (tertiary/aromatic N) is 5. The molecule has 0 atom stereocenters. The molecule has 0 saturated heterocycles. The first-order chi connectivity index (χ1) is 10.3. The molecule has 21 heavy (non-hydrogen) atoms. The number of carbonyl (C=O) groups is 1. The van der Waals surface area contributed by atoms with E-state index in [1.165, 1.54) is 10.2 Å². The predicted octanol–water partition coefficient (Wildman–Crippen LogP) is 2.25. The van der Waals surface area contributed by atoms with Gasteiger partial charge in [-0.05, 0) is 36.6 Å². The molecule has 1 aliphatic rings. The van der Waals surface area contributed by atoms with Crippen molar-refractivity contribution in [2.75, 3.05) is 11.4 Å². The Bertz CT molecular complexity index is 826. The summed E-state index contributed by atoms with van der Waals surface area (Å²) >= 11 is 0. The fourth-order valence-corrected chi connectivity index (χ4v) is 2.74. The molecule has 0 fully saturated rings. The number of para-hydroxylation sites is 1. The van der Waals surface area contributed by atoms with E-state index in [0.29, 0.717) is 17.7 Å². The Kier molecular flexibility index (Phi) is 2.67. The summed E-state index contributed by atoms with van der Waals surface area (Å²) in [4.78, 5) is 18.7. The third-order valence-electron chi connectivity index (χ3n) is 3.73. The van der Waals surface area contributed by atoms with E-state index in [-0.39, 0.29) is 6.03 Å². The van der Waals surface area contributed by atoms with Gasteiger partial charge in [0.1, 0.15) is 5.52 Å². The van der Waals surface area contributed by atoms with Crippen molar-refractivity contribution in [3.8, 4) is 0 Å². The van der Waals surface area contributed by atoms with Gasteiger partial charge in [-0.1, -0.05) is 23.4 Å². The largest absolute Gasteiger partial charge is 0.352 e. The van der Waals surface area contributed by atoms with Crippen LogP contribution in [0, 0.1) is 0 Å². The second-order valence-corrected chi connectivity index (χ2v) is 5.01. The number of rotatable bonds is 0. The Morgan fingerprint density at radius 1 is 1.14 bits per heavy atom. The minimum absolute atomic E-state index is 0.205. The lowest BCUT2D eigenvalue weighted by Gasteiger charge is -2.28. The Morgan fingerprint density at radius 2 is 2.05 bits per heavy atom. The van der Waals surface area contributed by atoms with Gasteiger partial charge in [0.25, 0.3) is 0 Å². The van der Waals surface area contributed by atoms with Crippen molar-refractivity contribution in [3.05, 3.63) is 48.2 Å². The van der Waals surface area contributed by atoms with Crippen molar-refractivity contribution in [1.29, 1.82) is 0 Å². The topological polar surface area (TPSA) is 63.9 Å². The summed E-state index contributed by atoms with van der Waals surface area (Å²) in [7, 11) is 0. The molecule has 0 spiro atoms. The molecule has 3 heterocycles. The van der Waals surface area contributed by atoms with Crippen LogP contribution in [0.25, 0.3) is 11.2 Å². The SMILES string of the molecule is O=C(N1CCCc2ccccc21)n1nnc2cccnc21. The van der Waals surface area contributed by atoms with Crippen molar-refractivity contribution in [2.45, 2.75) is 12.8 Å². The minimum Gasteiger partial charge on any atom is -0.292 e. The summed E-state index contributed by atoms with van der Waals surface area (Å²) in [5.74, 6) is 0. The van der Waals surface area contributed by atoms with Crippen molar-refractivity contribution >= 4 is 22.9 Å². The summed E-state index contributed by atoms with van der Waals surface area (Å²) in [5.41, 5.74) is 3.25. The molecule has 0 radical (unpaired) electrons. The molecule has 1 aliphatic heterocycles. The second kappa shape index (κ2) is 4.66. The number of hydrogen-bond acceptors (Lipinski definition) is 4. The van der Waals surface area contributed by atoms with Crippen LogP contribution < -0.4 is 4.90 Å². The Labute approximate surface area is 121 Å². The lowest BCUT2D eigenvalue weighted by Crippen LogP contribution is -2.39. The van der Waals surface area contributed by atoms with E-state index in [4.69, 9.17) is 0 Å². The average Bonchev–Trinajstić information content (AvgIpc) is 2.98. The zero-order chi connectivity index (χ0) is 14.2. The van der Waals surface area contributed by atoms with Gasteiger partial charge in [-0.15, -0.1) is 9.78 Å². The molecule has 0 bridgehead atoms. The average molecular weight is 279 g/mol. The first kappa shape index (κ1) is 12.0. The van der Waals surface area contributed by atoms with Gasteiger partial charge < -0.3 is 0 Å². The number of pyridine rings is 1. The molecule has 6 heteroatoms. The number of anilines is 1. The molecule has 2 aromatic heterocycles. The van der Waals surface area contributed by atoms with Gasteiger partial charge in [0.15, 0.2) is 5.65 Å². The van der Waals surface area contributed by atoms with E-state index in [0.717, 1.165) is 18.5 Å². The fraction of sp³-hybridized carbons (Fsp3) is 0.200. The quantitative estimate of drug-likeness (QED) is 0.633. The van der Waals surface area contributed by atoms with Gasteiger partial charge in [0, 0.05) is 18.4 Å². The maximum atomic E-state index is 12.8. The highest BCUT2D eigenvalue weighted by Crippen LogP contribution is 2.27. The fourth-order valence-electron chi connectivity index (χ4n) is 2.74. The van der Waals surface area contributed by atoms with Gasteiger partial charge in [0.05, 0.1) is 0 Å². The smallest absolute Gasteiger partial charge is 0.292 e. The highest BCUT2D eigenvalue weighted by molar-refractivity contribution is 5.98. The lowest BCUT2D eigenvalue weighted by molar-refractivity contribution is 0.245. The van der Waals surface area contributed by atoms with Crippen LogP contribution in [-0.2, 0) is 6.42 Å². The zero-order valence-corrected chi connectivity index (χ0v) is 11.3. The summed E-state index contributed by atoms with van der Waals surface area (Å²) in [5, 5.41) is 7.95. The number of carbonyl (C=O) groups excluding carboxylic acids is 1. The van der Waals surface area contributed by atoms with Crippen LogP contribution >= 0.6 is 0 Å². The number of benzene rings is 1.